The second kappa shape index (κ2) is 5.68. The van der Waals surface area contributed by atoms with E-state index < -0.39 is 6.04 Å². The molecule has 0 saturated heterocycles. The van der Waals surface area contributed by atoms with Gasteiger partial charge in [-0.1, -0.05) is 23.8 Å². The van der Waals surface area contributed by atoms with Crippen LogP contribution in [0.5, 0.6) is 0 Å². The summed E-state index contributed by atoms with van der Waals surface area (Å²) in [5.74, 6) is 0.0810. The molecular formula is C16H19NOS. The fraction of sp³-hybridized carbons (Fsp3) is 0.312. The number of hydrogen-bond donors (Lipinski definition) is 1. The molecule has 0 aliphatic heterocycles. The molecule has 1 heterocycles. The van der Waals surface area contributed by atoms with Gasteiger partial charge in [0.1, 0.15) is 0 Å². The van der Waals surface area contributed by atoms with Crippen LogP contribution >= 0.6 is 11.3 Å². The van der Waals surface area contributed by atoms with Gasteiger partial charge in [0.25, 0.3) is 0 Å². The van der Waals surface area contributed by atoms with Gasteiger partial charge in [0.15, 0.2) is 5.78 Å². The van der Waals surface area contributed by atoms with E-state index in [2.05, 4.69) is 32.9 Å². The van der Waals surface area contributed by atoms with Crippen molar-refractivity contribution in [1.82, 2.24) is 0 Å². The summed E-state index contributed by atoms with van der Waals surface area (Å²) >= 11 is 1.53. The number of ketones is 1. The van der Waals surface area contributed by atoms with E-state index in [-0.39, 0.29) is 5.78 Å². The van der Waals surface area contributed by atoms with Crippen molar-refractivity contribution in [3.63, 3.8) is 0 Å². The third kappa shape index (κ3) is 3.11. The Bertz CT molecular complexity index is 564. The number of rotatable bonds is 4. The van der Waals surface area contributed by atoms with Crippen LogP contribution in [0.1, 0.15) is 33.2 Å². The number of Topliss-reactive ketones (excluding diaryl/α,β-unsaturated/α-hetero) is 1. The summed E-state index contributed by atoms with van der Waals surface area (Å²) in [5, 5.41) is 1.95. The number of benzene rings is 1. The third-order valence-corrected chi connectivity index (χ3v) is 4.34. The molecule has 0 fully saturated rings. The number of carbonyl (C=O) groups is 1. The molecule has 2 nitrogen and oxygen atoms in total. The van der Waals surface area contributed by atoms with Crippen LogP contribution in [-0.4, -0.2) is 5.78 Å². The van der Waals surface area contributed by atoms with E-state index in [1.807, 2.05) is 17.5 Å². The van der Waals surface area contributed by atoms with Crippen molar-refractivity contribution in [3.8, 4) is 0 Å². The molecule has 2 aromatic rings. The molecule has 3 heteroatoms. The summed E-state index contributed by atoms with van der Waals surface area (Å²) in [4.78, 5) is 13.2. The summed E-state index contributed by atoms with van der Waals surface area (Å²) in [7, 11) is 0. The van der Waals surface area contributed by atoms with Crippen LogP contribution in [0.2, 0.25) is 0 Å². The number of aryl methyl sites for hydroxylation is 3. The highest BCUT2D eigenvalue weighted by Crippen LogP contribution is 2.22. The van der Waals surface area contributed by atoms with Crippen LogP contribution in [0, 0.1) is 20.8 Å². The lowest BCUT2D eigenvalue weighted by Crippen LogP contribution is -2.22. The lowest BCUT2D eigenvalue weighted by atomic mass is 9.94. The van der Waals surface area contributed by atoms with Gasteiger partial charge >= 0.3 is 0 Å². The summed E-state index contributed by atoms with van der Waals surface area (Å²) in [5.41, 5.74) is 10.7. The first-order valence-corrected chi connectivity index (χ1v) is 7.25. The predicted molar refractivity (Wildman–Crippen MR) is 80.6 cm³/mol. The first-order chi connectivity index (χ1) is 8.99. The van der Waals surface area contributed by atoms with Crippen LogP contribution in [0.15, 0.2) is 29.6 Å². The van der Waals surface area contributed by atoms with Gasteiger partial charge in [-0.05, 0) is 48.9 Å². The van der Waals surface area contributed by atoms with Crippen molar-refractivity contribution in [2.45, 2.75) is 33.2 Å². The molecule has 1 atom stereocenters. The SMILES string of the molecule is Cc1cc(C)c(CC(=O)C(N)c2cccs2)c(C)c1. The normalized spacial score (nSPS) is 12.4. The summed E-state index contributed by atoms with van der Waals surface area (Å²) in [6.07, 6.45) is 0.414. The molecule has 0 spiro atoms. The fourth-order valence-electron chi connectivity index (χ4n) is 2.40. The molecule has 19 heavy (non-hydrogen) atoms. The molecule has 0 saturated carbocycles. The fourth-order valence-corrected chi connectivity index (χ4v) is 3.15. The van der Waals surface area contributed by atoms with E-state index in [1.54, 1.807) is 0 Å². The highest BCUT2D eigenvalue weighted by atomic mass is 32.1. The number of nitrogens with two attached hydrogens (primary N) is 1. The lowest BCUT2D eigenvalue weighted by molar-refractivity contribution is -0.119. The Kier molecular flexibility index (Phi) is 4.17. The second-order valence-corrected chi connectivity index (χ2v) is 5.99. The number of thiophene rings is 1. The van der Waals surface area contributed by atoms with Crippen LogP contribution < -0.4 is 5.73 Å². The molecule has 0 aliphatic rings. The topological polar surface area (TPSA) is 43.1 Å². The molecule has 2 rings (SSSR count). The molecule has 1 aromatic heterocycles. The minimum Gasteiger partial charge on any atom is -0.317 e. The second-order valence-electron chi connectivity index (χ2n) is 5.01. The largest absolute Gasteiger partial charge is 0.317 e. The van der Waals surface area contributed by atoms with E-state index in [4.69, 9.17) is 5.73 Å². The Morgan fingerprint density at radius 3 is 2.42 bits per heavy atom. The van der Waals surface area contributed by atoms with E-state index in [0.29, 0.717) is 6.42 Å². The third-order valence-electron chi connectivity index (χ3n) is 3.39. The van der Waals surface area contributed by atoms with Crippen LogP contribution in [0.4, 0.5) is 0 Å². The van der Waals surface area contributed by atoms with Crippen molar-refractivity contribution in [3.05, 3.63) is 56.8 Å². The van der Waals surface area contributed by atoms with E-state index in [1.165, 1.54) is 28.0 Å². The smallest absolute Gasteiger partial charge is 0.159 e. The van der Waals surface area contributed by atoms with Crippen LogP contribution in [0.25, 0.3) is 0 Å². The van der Waals surface area contributed by atoms with E-state index in [9.17, 15) is 4.79 Å². The molecule has 0 radical (unpaired) electrons. The maximum atomic E-state index is 12.3. The average Bonchev–Trinajstić information content (AvgIpc) is 2.86. The van der Waals surface area contributed by atoms with Gasteiger partial charge in [-0.2, -0.15) is 0 Å². The van der Waals surface area contributed by atoms with Crippen molar-refractivity contribution in [1.29, 1.82) is 0 Å². The molecule has 1 aromatic carbocycles. The Balaban J connectivity index is 2.20. The van der Waals surface area contributed by atoms with Crippen molar-refractivity contribution in [2.24, 2.45) is 5.73 Å². The van der Waals surface area contributed by atoms with Gasteiger partial charge in [-0.3, -0.25) is 4.79 Å². The zero-order valence-corrected chi connectivity index (χ0v) is 12.4. The molecule has 100 valence electrons. The quantitative estimate of drug-likeness (QED) is 0.926. The number of hydrogen-bond acceptors (Lipinski definition) is 3. The van der Waals surface area contributed by atoms with E-state index in [0.717, 1.165) is 10.4 Å². The Hall–Kier alpha value is -1.45. The molecular weight excluding hydrogens is 254 g/mol. The standard InChI is InChI=1S/C16H19NOS/c1-10-7-11(2)13(12(3)8-10)9-14(18)16(17)15-5-4-6-19-15/h4-8,16H,9,17H2,1-3H3. The summed E-state index contributed by atoms with van der Waals surface area (Å²) in [6.45, 7) is 6.18. The van der Waals surface area contributed by atoms with Gasteiger partial charge in [0.2, 0.25) is 0 Å². The molecule has 1 unspecified atom stereocenters. The molecule has 0 aliphatic carbocycles. The van der Waals surface area contributed by atoms with Crippen LogP contribution in [0.3, 0.4) is 0 Å². The minimum absolute atomic E-state index is 0.0810. The summed E-state index contributed by atoms with van der Waals surface area (Å²) < 4.78 is 0. The Morgan fingerprint density at radius 1 is 1.26 bits per heavy atom. The molecule has 0 amide bonds. The monoisotopic (exact) mass is 273 g/mol. The highest BCUT2D eigenvalue weighted by molar-refractivity contribution is 7.10. The van der Waals surface area contributed by atoms with Crippen molar-refractivity contribution < 1.29 is 4.79 Å². The van der Waals surface area contributed by atoms with Gasteiger partial charge < -0.3 is 5.73 Å². The first kappa shape index (κ1) is 14.0. The first-order valence-electron chi connectivity index (χ1n) is 6.37. The maximum absolute atomic E-state index is 12.3. The number of carbonyl (C=O) groups excluding carboxylic acids is 1. The van der Waals surface area contributed by atoms with Crippen LogP contribution in [-0.2, 0) is 11.2 Å². The minimum atomic E-state index is -0.500. The summed E-state index contributed by atoms with van der Waals surface area (Å²) in [6, 6.07) is 7.58. The van der Waals surface area contributed by atoms with Crippen molar-refractivity contribution in [2.75, 3.05) is 0 Å². The van der Waals surface area contributed by atoms with E-state index >= 15 is 0 Å². The molecule has 2 N–H and O–H groups in total. The highest BCUT2D eigenvalue weighted by Gasteiger charge is 2.18. The zero-order valence-electron chi connectivity index (χ0n) is 11.6. The van der Waals surface area contributed by atoms with Gasteiger partial charge in [0, 0.05) is 11.3 Å². The van der Waals surface area contributed by atoms with Gasteiger partial charge in [-0.15, -0.1) is 11.3 Å². The lowest BCUT2D eigenvalue weighted by Gasteiger charge is -2.13. The maximum Gasteiger partial charge on any atom is 0.159 e. The average molecular weight is 273 g/mol. The van der Waals surface area contributed by atoms with Gasteiger partial charge in [0.05, 0.1) is 6.04 Å². The predicted octanol–water partition coefficient (Wildman–Crippen LogP) is 3.48. The Labute approximate surface area is 118 Å². The molecule has 0 bridgehead atoms. The zero-order chi connectivity index (χ0) is 14.0. The van der Waals surface area contributed by atoms with Crippen molar-refractivity contribution >= 4 is 17.1 Å². The van der Waals surface area contributed by atoms with Gasteiger partial charge in [-0.25, -0.2) is 0 Å². The Morgan fingerprint density at radius 2 is 1.89 bits per heavy atom.